The number of H-pyrrole nitrogens is 1. The van der Waals surface area contributed by atoms with E-state index in [0.29, 0.717) is 12.1 Å². The smallest absolute Gasteiger partial charge is 0.335 e. The lowest BCUT2D eigenvalue weighted by Crippen LogP contribution is -2.51. The van der Waals surface area contributed by atoms with E-state index < -0.39 is 29.8 Å². The van der Waals surface area contributed by atoms with Crippen LogP contribution in [-0.2, 0) is 11.2 Å². The number of hydrogen-bond acceptors (Lipinski definition) is 5. The molecule has 4 aromatic rings. The fourth-order valence-corrected chi connectivity index (χ4v) is 8.82. The van der Waals surface area contributed by atoms with Crippen LogP contribution in [0.15, 0.2) is 72.9 Å². The van der Waals surface area contributed by atoms with E-state index in [2.05, 4.69) is 20.9 Å². The van der Waals surface area contributed by atoms with Crippen LogP contribution in [0, 0.1) is 23.2 Å². The number of aromatic carboxylic acids is 2. The molecular formula is C38H38N4O7. The minimum absolute atomic E-state index is 0.0481. The van der Waals surface area contributed by atoms with Gasteiger partial charge in [0.1, 0.15) is 6.04 Å². The van der Waals surface area contributed by atoms with Gasteiger partial charge in [0.15, 0.2) is 0 Å². The fourth-order valence-electron chi connectivity index (χ4n) is 8.82. The summed E-state index contributed by atoms with van der Waals surface area (Å²) < 4.78 is 0. The summed E-state index contributed by atoms with van der Waals surface area (Å²) >= 11 is 0. The Morgan fingerprint density at radius 1 is 0.776 bits per heavy atom. The van der Waals surface area contributed by atoms with Crippen LogP contribution in [0.2, 0.25) is 0 Å². The molecule has 11 heteroatoms. The van der Waals surface area contributed by atoms with Crippen LogP contribution in [0.4, 0.5) is 5.69 Å². The summed E-state index contributed by atoms with van der Waals surface area (Å²) in [5.74, 6) is -2.20. The van der Waals surface area contributed by atoms with Gasteiger partial charge in [-0.15, -0.1) is 0 Å². The van der Waals surface area contributed by atoms with Gasteiger partial charge >= 0.3 is 11.9 Å². The monoisotopic (exact) mass is 662 g/mol. The zero-order valence-electron chi connectivity index (χ0n) is 26.8. The molecule has 0 unspecified atom stereocenters. The molecule has 0 aliphatic heterocycles. The molecule has 6 N–H and O–H groups in total. The number of anilines is 1. The molecule has 1 aromatic heterocycles. The standard InChI is InChI=1S/C38H38N4O7/c43-33(40-20-38-17-22-8-23(18-38)10-24(9-22)19-38)30-16-31-25(6-7-39-31)15-29(30)34(44)42-32(11-21-4-2-1-3-5-21)35(45)41-28-13-26(36(46)47)12-27(14-28)37(48)49/h1-7,12-16,22-24,32,39H,8-11,17-20H2,(H,40,43)(H,41,45)(H,42,44)(H,46,47)(H,48,49)/t22?,23?,24?,32-,38?/m0/s1. The van der Waals surface area contributed by atoms with Crippen molar-refractivity contribution in [3.63, 3.8) is 0 Å². The van der Waals surface area contributed by atoms with E-state index in [1.807, 2.05) is 6.07 Å². The molecule has 252 valence electrons. The first-order valence-electron chi connectivity index (χ1n) is 16.7. The molecule has 4 aliphatic carbocycles. The number of rotatable bonds is 11. The number of carbonyl (C=O) groups excluding carboxylic acids is 3. The van der Waals surface area contributed by atoms with Crippen LogP contribution in [0.1, 0.15) is 85.5 Å². The highest BCUT2D eigenvalue weighted by atomic mass is 16.4. The van der Waals surface area contributed by atoms with Gasteiger partial charge in [-0.1, -0.05) is 30.3 Å². The van der Waals surface area contributed by atoms with Gasteiger partial charge in [0, 0.05) is 35.8 Å². The molecule has 8 rings (SSSR count). The van der Waals surface area contributed by atoms with Gasteiger partial charge < -0.3 is 31.1 Å². The van der Waals surface area contributed by atoms with E-state index in [0.717, 1.165) is 66.2 Å². The van der Waals surface area contributed by atoms with Crippen molar-refractivity contribution in [3.05, 3.63) is 101 Å². The molecule has 1 atom stereocenters. The summed E-state index contributed by atoms with van der Waals surface area (Å²) in [6, 6.07) is 16.3. The molecule has 49 heavy (non-hydrogen) atoms. The van der Waals surface area contributed by atoms with Crippen LogP contribution < -0.4 is 16.0 Å². The van der Waals surface area contributed by atoms with Crippen LogP contribution in [0.3, 0.4) is 0 Å². The Labute approximate surface area is 282 Å². The van der Waals surface area contributed by atoms with Crippen LogP contribution in [0.5, 0.6) is 0 Å². The van der Waals surface area contributed by atoms with Crippen molar-refractivity contribution in [2.75, 3.05) is 11.9 Å². The minimum atomic E-state index is -1.36. The van der Waals surface area contributed by atoms with Gasteiger partial charge in [0.25, 0.3) is 11.8 Å². The second kappa shape index (κ2) is 12.9. The maximum absolute atomic E-state index is 14.1. The number of carboxylic acid groups (broad SMARTS) is 2. The number of aromatic nitrogens is 1. The molecule has 4 bridgehead atoms. The summed E-state index contributed by atoms with van der Waals surface area (Å²) in [5.41, 5.74) is 1.16. The Morgan fingerprint density at radius 3 is 2.00 bits per heavy atom. The van der Waals surface area contributed by atoms with Crippen molar-refractivity contribution >= 4 is 46.3 Å². The molecular weight excluding hydrogens is 624 g/mol. The normalized spacial score (nSPS) is 22.7. The average Bonchev–Trinajstić information content (AvgIpc) is 3.54. The van der Waals surface area contributed by atoms with E-state index in [1.54, 1.807) is 48.7 Å². The zero-order chi connectivity index (χ0) is 34.3. The Hall–Kier alpha value is -5.45. The number of hydrogen-bond donors (Lipinski definition) is 6. The molecule has 0 spiro atoms. The zero-order valence-corrected chi connectivity index (χ0v) is 26.8. The first-order chi connectivity index (χ1) is 23.5. The third kappa shape index (κ3) is 6.78. The summed E-state index contributed by atoms with van der Waals surface area (Å²) in [4.78, 5) is 68.1. The number of nitrogens with one attached hydrogen (secondary N) is 4. The topological polar surface area (TPSA) is 178 Å². The number of amides is 3. The van der Waals surface area contributed by atoms with Gasteiger partial charge in [0.2, 0.25) is 5.91 Å². The van der Waals surface area contributed by atoms with Crippen LogP contribution in [-0.4, -0.2) is 57.4 Å². The van der Waals surface area contributed by atoms with Gasteiger partial charge in [-0.2, -0.15) is 0 Å². The van der Waals surface area contributed by atoms with Crippen molar-refractivity contribution in [1.82, 2.24) is 15.6 Å². The van der Waals surface area contributed by atoms with Crippen molar-refractivity contribution < 1.29 is 34.2 Å². The molecule has 4 fully saturated rings. The van der Waals surface area contributed by atoms with Gasteiger partial charge in [0.05, 0.1) is 22.3 Å². The lowest BCUT2D eigenvalue weighted by molar-refractivity contribution is -0.118. The fraction of sp³-hybridized carbons (Fsp3) is 0.342. The SMILES string of the molecule is O=C(O)c1cc(NC(=O)[C@H](Cc2ccccc2)NC(=O)c2cc3cc[nH]c3cc2C(=O)NCC23CC4CC(CC(C4)C2)C3)cc(C(=O)O)c1. The molecule has 4 aliphatic rings. The largest absolute Gasteiger partial charge is 0.478 e. The van der Waals surface area contributed by atoms with Gasteiger partial charge in [-0.25, -0.2) is 9.59 Å². The third-order valence-corrected chi connectivity index (χ3v) is 10.6. The minimum Gasteiger partial charge on any atom is -0.478 e. The predicted molar refractivity (Wildman–Crippen MR) is 182 cm³/mol. The lowest BCUT2D eigenvalue weighted by atomic mass is 9.49. The molecule has 0 saturated heterocycles. The summed E-state index contributed by atoms with van der Waals surface area (Å²) in [6.07, 6.45) is 9.07. The van der Waals surface area contributed by atoms with Crippen molar-refractivity contribution in [2.24, 2.45) is 23.2 Å². The average molecular weight is 663 g/mol. The summed E-state index contributed by atoms with van der Waals surface area (Å²) in [7, 11) is 0. The van der Waals surface area contributed by atoms with E-state index in [1.165, 1.54) is 19.3 Å². The Balaban J connectivity index is 1.15. The quantitative estimate of drug-likeness (QED) is 0.123. The summed E-state index contributed by atoms with van der Waals surface area (Å²) in [6.45, 7) is 0.561. The first kappa shape index (κ1) is 32.1. The number of fused-ring (bicyclic) bond motifs is 1. The maximum atomic E-state index is 14.1. The molecule has 1 heterocycles. The third-order valence-electron chi connectivity index (χ3n) is 10.6. The molecule has 4 saturated carbocycles. The molecule has 11 nitrogen and oxygen atoms in total. The van der Waals surface area contributed by atoms with E-state index in [4.69, 9.17) is 0 Å². The number of aromatic amines is 1. The molecule has 3 aromatic carbocycles. The second-order valence-electron chi connectivity index (χ2n) is 14.2. The number of carbonyl (C=O) groups is 5. The highest BCUT2D eigenvalue weighted by Gasteiger charge is 2.50. The predicted octanol–water partition coefficient (Wildman–Crippen LogP) is 5.49. The van der Waals surface area contributed by atoms with Crippen molar-refractivity contribution in [1.29, 1.82) is 0 Å². The highest BCUT2D eigenvalue weighted by Crippen LogP contribution is 2.59. The highest BCUT2D eigenvalue weighted by molar-refractivity contribution is 6.11. The Kier molecular flexibility index (Phi) is 8.43. The molecule has 0 radical (unpaired) electrons. The number of carboxylic acids is 2. The lowest BCUT2D eigenvalue weighted by Gasteiger charge is -2.56. The van der Waals surface area contributed by atoms with E-state index >= 15 is 0 Å². The first-order valence-corrected chi connectivity index (χ1v) is 16.7. The molecule has 3 amide bonds. The van der Waals surface area contributed by atoms with E-state index in [9.17, 15) is 34.2 Å². The Morgan fingerprint density at radius 2 is 1.39 bits per heavy atom. The number of benzene rings is 3. The van der Waals surface area contributed by atoms with Crippen molar-refractivity contribution in [2.45, 2.75) is 51.0 Å². The van der Waals surface area contributed by atoms with Crippen LogP contribution in [0.25, 0.3) is 10.9 Å². The summed E-state index contributed by atoms with van der Waals surface area (Å²) in [5, 5.41) is 28.3. The van der Waals surface area contributed by atoms with Crippen LogP contribution >= 0.6 is 0 Å². The van der Waals surface area contributed by atoms with Crippen molar-refractivity contribution in [3.8, 4) is 0 Å². The second-order valence-corrected chi connectivity index (χ2v) is 14.2. The Bertz CT molecular complexity index is 1900. The van der Waals surface area contributed by atoms with Gasteiger partial charge in [-0.3, -0.25) is 14.4 Å². The van der Waals surface area contributed by atoms with Gasteiger partial charge in [-0.05, 0) is 104 Å². The van der Waals surface area contributed by atoms with E-state index in [-0.39, 0.29) is 45.7 Å². The maximum Gasteiger partial charge on any atom is 0.335 e.